The molecule has 0 fully saturated rings. The van der Waals surface area contributed by atoms with Gasteiger partial charge in [-0.1, -0.05) is 21.1 Å². The minimum absolute atomic E-state index is 0.0872. The normalized spacial score (nSPS) is 10.4. The summed E-state index contributed by atoms with van der Waals surface area (Å²) in [4.78, 5) is 11.6. The third kappa shape index (κ3) is 2.95. The number of carbonyl (C=O) groups is 1. The molecule has 0 aliphatic rings. The first-order valence-corrected chi connectivity index (χ1v) is 6.01. The number of aryl methyl sites for hydroxylation is 1. The summed E-state index contributed by atoms with van der Waals surface area (Å²) in [5.74, 6) is -0.676. The van der Waals surface area contributed by atoms with Gasteiger partial charge in [-0.05, 0) is 25.1 Å². The Labute approximate surface area is 111 Å². The zero-order valence-corrected chi connectivity index (χ0v) is 11.1. The fourth-order valence-corrected chi connectivity index (χ4v) is 1.82. The van der Waals surface area contributed by atoms with Gasteiger partial charge in [-0.25, -0.2) is 4.39 Å². The minimum Gasteiger partial charge on any atom is -0.351 e. The number of benzene rings is 1. The van der Waals surface area contributed by atoms with E-state index >= 15 is 0 Å². The van der Waals surface area contributed by atoms with Gasteiger partial charge in [-0.2, -0.15) is 0 Å². The van der Waals surface area contributed by atoms with Gasteiger partial charge in [0.25, 0.3) is 5.91 Å². The molecule has 0 saturated heterocycles. The van der Waals surface area contributed by atoms with Crippen molar-refractivity contribution >= 4 is 21.8 Å². The van der Waals surface area contributed by atoms with E-state index in [4.69, 9.17) is 4.52 Å². The van der Waals surface area contributed by atoms with E-state index in [9.17, 15) is 9.18 Å². The monoisotopic (exact) mass is 312 g/mol. The van der Waals surface area contributed by atoms with E-state index < -0.39 is 5.91 Å². The molecule has 18 heavy (non-hydrogen) atoms. The molecule has 2 aromatic rings. The predicted octanol–water partition coefficient (Wildman–Crippen LogP) is 2.81. The predicted molar refractivity (Wildman–Crippen MR) is 66.5 cm³/mol. The molecule has 0 saturated carbocycles. The summed E-state index contributed by atoms with van der Waals surface area (Å²) < 4.78 is 19.0. The lowest BCUT2D eigenvalue weighted by Crippen LogP contribution is -2.22. The van der Waals surface area contributed by atoms with Crippen molar-refractivity contribution in [3.8, 4) is 0 Å². The maximum atomic E-state index is 13.4. The second kappa shape index (κ2) is 5.30. The van der Waals surface area contributed by atoms with Crippen LogP contribution in [0.1, 0.15) is 21.8 Å². The van der Waals surface area contributed by atoms with Gasteiger partial charge in [-0.3, -0.25) is 4.79 Å². The number of carbonyl (C=O) groups excluding carboxylic acids is 1. The molecule has 1 heterocycles. The Kier molecular flexibility index (Phi) is 3.76. The molecule has 0 atom stereocenters. The van der Waals surface area contributed by atoms with Crippen molar-refractivity contribution in [2.45, 2.75) is 13.5 Å². The molecule has 1 N–H and O–H groups in total. The Hall–Kier alpha value is -1.69. The zero-order chi connectivity index (χ0) is 13.1. The maximum Gasteiger partial charge on any atom is 0.290 e. The molecule has 0 radical (unpaired) electrons. The zero-order valence-electron chi connectivity index (χ0n) is 9.54. The summed E-state index contributed by atoms with van der Waals surface area (Å²) in [6.07, 6.45) is 0. The molecular weight excluding hydrogens is 303 g/mol. The molecule has 1 aromatic heterocycles. The van der Waals surface area contributed by atoms with E-state index in [-0.39, 0.29) is 18.1 Å². The highest BCUT2D eigenvalue weighted by Gasteiger charge is 2.12. The molecule has 0 aliphatic carbocycles. The number of rotatable bonds is 3. The average molecular weight is 313 g/mol. The van der Waals surface area contributed by atoms with Gasteiger partial charge < -0.3 is 9.84 Å². The SMILES string of the molecule is Cc1cc(C(=O)NCc2cc(Br)ccc2F)on1. The van der Waals surface area contributed by atoms with Crippen LogP contribution >= 0.6 is 15.9 Å². The van der Waals surface area contributed by atoms with Crippen molar-refractivity contribution in [2.24, 2.45) is 0 Å². The molecule has 1 amide bonds. The van der Waals surface area contributed by atoms with Crippen LogP contribution in [0.15, 0.2) is 33.3 Å². The Morgan fingerprint density at radius 1 is 1.50 bits per heavy atom. The second-order valence-electron chi connectivity index (χ2n) is 3.75. The number of aromatic nitrogens is 1. The standard InChI is InChI=1S/C12H10BrFN2O2/c1-7-4-11(18-16-7)12(17)15-6-8-5-9(13)2-3-10(8)14/h2-5H,6H2,1H3,(H,15,17). The van der Waals surface area contributed by atoms with Crippen molar-refractivity contribution in [3.05, 3.63) is 51.6 Å². The fourth-order valence-electron chi connectivity index (χ4n) is 1.41. The van der Waals surface area contributed by atoms with Crippen LogP contribution in [-0.4, -0.2) is 11.1 Å². The summed E-state index contributed by atoms with van der Waals surface area (Å²) in [5, 5.41) is 6.17. The molecule has 0 spiro atoms. The summed E-state index contributed by atoms with van der Waals surface area (Å²) in [7, 11) is 0. The van der Waals surface area contributed by atoms with E-state index in [0.717, 1.165) is 4.47 Å². The largest absolute Gasteiger partial charge is 0.351 e. The third-order valence-electron chi connectivity index (χ3n) is 2.30. The minimum atomic E-state index is -0.421. The van der Waals surface area contributed by atoms with Crippen LogP contribution in [-0.2, 0) is 6.54 Å². The number of nitrogens with zero attached hydrogens (tertiary/aromatic N) is 1. The molecule has 1 aromatic carbocycles. The fraction of sp³-hybridized carbons (Fsp3) is 0.167. The Morgan fingerprint density at radius 3 is 2.94 bits per heavy atom. The topological polar surface area (TPSA) is 55.1 Å². The number of amides is 1. The smallest absolute Gasteiger partial charge is 0.290 e. The Morgan fingerprint density at radius 2 is 2.28 bits per heavy atom. The molecule has 4 nitrogen and oxygen atoms in total. The van der Waals surface area contributed by atoms with E-state index in [1.165, 1.54) is 12.1 Å². The lowest BCUT2D eigenvalue weighted by molar-refractivity contribution is 0.0913. The Bertz CT molecular complexity index is 583. The summed E-state index contributed by atoms with van der Waals surface area (Å²) in [6.45, 7) is 1.80. The highest BCUT2D eigenvalue weighted by Crippen LogP contribution is 2.15. The van der Waals surface area contributed by atoms with Crippen LogP contribution in [0.3, 0.4) is 0 Å². The van der Waals surface area contributed by atoms with E-state index in [0.29, 0.717) is 11.3 Å². The molecule has 0 bridgehead atoms. The number of hydrogen-bond acceptors (Lipinski definition) is 3. The quantitative estimate of drug-likeness (QED) is 0.948. The van der Waals surface area contributed by atoms with Gasteiger partial charge in [0, 0.05) is 22.6 Å². The number of nitrogens with one attached hydrogen (secondary N) is 1. The summed E-state index contributed by atoms with van der Waals surface area (Å²) in [5.41, 5.74) is 1.02. The summed E-state index contributed by atoms with van der Waals surface area (Å²) in [6, 6.07) is 6.07. The molecule has 94 valence electrons. The molecule has 6 heteroatoms. The number of hydrogen-bond donors (Lipinski definition) is 1. The molecule has 0 aliphatic heterocycles. The van der Waals surface area contributed by atoms with Gasteiger partial charge in [0.15, 0.2) is 0 Å². The van der Waals surface area contributed by atoms with Gasteiger partial charge in [0.2, 0.25) is 5.76 Å². The van der Waals surface area contributed by atoms with Crippen LogP contribution < -0.4 is 5.32 Å². The van der Waals surface area contributed by atoms with Gasteiger partial charge in [-0.15, -0.1) is 0 Å². The van der Waals surface area contributed by atoms with Crippen LogP contribution in [0.2, 0.25) is 0 Å². The highest BCUT2D eigenvalue weighted by molar-refractivity contribution is 9.10. The van der Waals surface area contributed by atoms with Crippen molar-refractivity contribution < 1.29 is 13.7 Å². The van der Waals surface area contributed by atoms with Gasteiger partial charge in [0.1, 0.15) is 5.82 Å². The molecule has 0 unspecified atom stereocenters. The lowest BCUT2D eigenvalue weighted by Gasteiger charge is -2.05. The first kappa shape index (κ1) is 12.8. The van der Waals surface area contributed by atoms with E-state index in [1.54, 1.807) is 19.1 Å². The first-order valence-electron chi connectivity index (χ1n) is 5.21. The third-order valence-corrected chi connectivity index (χ3v) is 2.79. The molecule has 2 rings (SSSR count). The van der Waals surface area contributed by atoms with Crippen molar-refractivity contribution in [3.63, 3.8) is 0 Å². The first-order chi connectivity index (χ1) is 8.56. The Balaban J connectivity index is 2.03. The lowest BCUT2D eigenvalue weighted by atomic mass is 10.2. The van der Waals surface area contributed by atoms with Gasteiger partial charge in [0.05, 0.1) is 5.69 Å². The van der Waals surface area contributed by atoms with Crippen LogP contribution in [0.4, 0.5) is 4.39 Å². The number of halogens is 2. The van der Waals surface area contributed by atoms with Crippen LogP contribution in [0, 0.1) is 12.7 Å². The van der Waals surface area contributed by atoms with Gasteiger partial charge >= 0.3 is 0 Å². The van der Waals surface area contributed by atoms with Crippen molar-refractivity contribution in [2.75, 3.05) is 0 Å². The van der Waals surface area contributed by atoms with Crippen molar-refractivity contribution in [1.29, 1.82) is 0 Å². The second-order valence-corrected chi connectivity index (χ2v) is 4.67. The average Bonchev–Trinajstić information content (AvgIpc) is 2.77. The van der Waals surface area contributed by atoms with E-state index in [2.05, 4.69) is 26.4 Å². The highest BCUT2D eigenvalue weighted by atomic mass is 79.9. The maximum absolute atomic E-state index is 13.4. The van der Waals surface area contributed by atoms with Crippen molar-refractivity contribution in [1.82, 2.24) is 10.5 Å². The van der Waals surface area contributed by atoms with Crippen LogP contribution in [0.5, 0.6) is 0 Å². The van der Waals surface area contributed by atoms with Crippen LogP contribution in [0.25, 0.3) is 0 Å². The van der Waals surface area contributed by atoms with E-state index in [1.807, 2.05) is 0 Å². The molecular formula is C12H10BrFN2O2. The summed E-state index contributed by atoms with van der Waals surface area (Å²) >= 11 is 3.24.